The SMILES string of the molecule is COCCN(C)CCNc1nccn1C(C)COC. The van der Waals surface area contributed by atoms with Crippen molar-refractivity contribution in [3.8, 4) is 0 Å². The topological polar surface area (TPSA) is 51.5 Å². The van der Waals surface area contributed by atoms with Crippen molar-refractivity contribution < 1.29 is 9.47 Å². The summed E-state index contributed by atoms with van der Waals surface area (Å²) in [5.74, 6) is 0.893. The van der Waals surface area contributed by atoms with Gasteiger partial charge in [-0.15, -0.1) is 0 Å². The molecule has 6 heteroatoms. The number of ether oxygens (including phenoxy) is 2. The van der Waals surface area contributed by atoms with Gasteiger partial charge in [0.15, 0.2) is 0 Å². The van der Waals surface area contributed by atoms with Crippen molar-refractivity contribution in [3.63, 3.8) is 0 Å². The van der Waals surface area contributed by atoms with E-state index in [0.717, 1.165) is 32.2 Å². The number of imidazole rings is 1. The van der Waals surface area contributed by atoms with Gasteiger partial charge in [-0.2, -0.15) is 0 Å². The number of anilines is 1. The molecule has 0 aliphatic rings. The van der Waals surface area contributed by atoms with Crippen LogP contribution in [0.2, 0.25) is 0 Å². The predicted octanol–water partition coefficient (Wildman–Crippen LogP) is 1.08. The highest BCUT2D eigenvalue weighted by atomic mass is 16.5. The van der Waals surface area contributed by atoms with E-state index < -0.39 is 0 Å². The van der Waals surface area contributed by atoms with E-state index >= 15 is 0 Å². The van der Waals surface area contributed by atoms with Gasteiger partial charge in [-0.25, -0.2) is 4.98 Å². The second kappa shape index (κ2) is 8.90. The highest BCUT2D eigenvalue weighted by molar-refractivity contribution is 5.26. The molecule has 1 aromatic heterocycles. The Labute approximate surface area is 115 Å². The Morgan fingerprint density at radius 3 is 2.84 bits per heavy atom. The maximum absolute atomic E-state index is 5.17. The first-order valence-electron chi connectivity index (χ1n) is 6.62. The molecule has 1 aromatic rings. The van der Waals surface area contributed by atoms with Crippen molar-refractivity contribution in [2.24, 2.45) is 0 Å². The summed E-state index contributed by atoms with van der Waals surface area (Å²) in [5.41, 5.74) is 0. The number of nitrogens with one attached hydrogen (secondary N) is 1. The summed E-state index contributed by atoms with van der Waals surface area (Å²) in [6.07, 6.45) is 3.78. The van der Waals surface area contributed by atoms with Crippen LogP contribution in [-0.2, 0) is 9.47 Å². The van der Waals surface area contributed by atoms with Gasteiger partial charge in [0.05, 0.1) is 19.3 Å². The third-order valence-corrected chi connectivity index (χ3v) is 3.01. The van der Waals surface area contributed by atoms with Crippen LogP contribution in [0.15, 0.2) is 12.4 Å². The van der Waals surface area contributed by atoms with E-state index in [9.17, 15) is 0 Å². The Balaban J connectivity index is 2.35. The third kappa shape index (κ3) is 5.59. The average Bonchev–Trinajstić information content (AvgIpc) is 2.85. The van der Waals surface area contributed by atoms with Crippen LogP contribution in [-0.4, -0.2) is 68.6 Å². The van der Waals surface area contributed by atoms with Crippen LogP contribution >= 0.6 is 0 Å². The van der Waals surface area contributed by atoms with Crippen molar-refractivity contribution in [1.29, 1.82) is 0 Å². The van der Waals surface area contributed by atoms with Crippen LogP contribution < -0.4 is 5.32 Å². The van der Waals surface area contributed by atoms with Crippen molar-refractivity contribution in [2.45, 2.75) is 13.0 Å². The first-order chi connectivity index (χ1) is 9.19. The number of aromatic nitrogens is 2. The molecule has 0 saturated carbocycles. The molecule has 0 saturated heterocycles. The standard InChI is InChI=1S/C13H26N4O2/c1-12(11-19-4)17-8-6-15-13(17)14-5-7-16(2)9-10-18-3/h6,8,12H,5,7,9-11H2,1-4H3,(H,14,15). The van der Waals surface area contributed by atoms with Gasteiger partial charge in [0.1, 0.15) is 0 Å². The Hall–Kier alpha value is -1.11. The van der Waals surface area contributed by atoms with Gasteiger partial charge >= 0.3 is 0 Å². The normalized spacial score (nSPS) is 12.9. The maximum atomic E-state index is 5.17. The van der Waals surface area contributed by atoms with E-state index in [1.807, 2.05) is 12.4 Å². The number of methoxy groups -OCH3 is 2. The van der Waals surface area contributed by atoms with Gasteiger partial charge in [-0.05, 0) is 14.0 Å². The largest absolute Gasteiger partial charge is 0.383 e. The minimum absolute atomic E-state index is 0.279. The van der Waals surface area contributed by atoms with Gasteiger partial charge in [-0.1, -0.05) is 0 Å². The molecule has 0 aliphatic carbocycles. The number of hydrogen-bond donors (Lipinski definition) is 1. The second-order valence-electron chi connectivity index (χ2n) is 4.69. The molecule has 1 N–H and O–H groups in total. The van der Waals surface area contributed by atoms with E-state index in [2.05, 4.69) is 33.7 Å². The summed E-state index contributed by atoms with van der Waals surface area (Å²) < 4.78 is 12.3. The van der Waals surface area contributed by atoms with Gasteiger partial charge < -0.3 is 24.3 Å². The molecule has 1 rings (SSSR count). The third-order valence-electron chi connectivity index (χ3n) is 3.01. The van der Waals surface area contributed by atoms with Crippen molar-refractivity contribution in [1.82, 2.24) is 14.5 Å². The maximum Gasteiger partial charge on any atom is 0.203 e. The number of rotatable bonds is 10. The van der Waals surface area contributed by atoms with Crippen LogP contribution in [0.3, 0.4) is 0 Å². The monoisotopic (exact) mass is 270 g/mol. The fourth-order valence-corrected chi connectivity index (χ4v) is 1.84. The summed E-state index contributed by atoms with van der Waals surface area (Å²) in [6.45, 7) is 6.30. The zero-order chi connectivity index (χ0) is 14.1. The molecule has 19 heavy (non-hydrogen) atoms. The van der Waals surface area contributed by atoms with Crippen molar-refractivity contribution >= 4 is 5.95 Å². The van der Waals surface area contributed by atoms with E-state index in [4.69, 9.17) is 9.47 Å². The number of hydrogen-bond acceptors (Lipinski definition) is 5. The fraction of sp³-hybridized carbons (Fsp3) is 0.769. The molecule has 0 amide bonds. The number of likely N-dealkylation sites (N-methyl/N-ethyl adjacent to an activating group) is 1. The second-order valence-corrected chi connectivity index (χ2v) is 4.69. The highest BCUT2D eigenvalue weighted by Gasteiger charge is 2.09. The van der Waals surface area contributed by atoms with Crippen LogP contribution in [0.1, 0.15) is 13.0 Å². The molecule has 1 unspecified atom stereocenters. The predicted molar refractivity (Wildman–Crippen MR) is 76.7 cm³/mol. The molecule has 6 nitrogen and oxygen atoms in total. The summed E-state index contributed by atoms with van der Waals surface area (Å²) in [5, 5.41) is 3.35. The van der Waals surface area contributed by atoms with Crippen LogP contribution in [0, 0.1) is 0 Å². The summed E-state index contributed by atoms with van der Waals surface area (Å²) in [7, 11) is 5.52. The lowest BCUT2D eigenvalue weighted by atomic mass is 10.3. The molecule has 0 bridgehead atoms. The van der Waals surface area contributed by atoms with Gasteiger partial charge in [0.25, 0.3) is 0 Å². The molecule has 0 radical (unpaired) electrons. The Kier molecular flexibility index (Phi) is 7.47. The summed E-state index contributed by atoms with van der Waals surface area (Å²) in [4.78, 5) is 6.56. The van der Waals surface area contributed by atoms with Gasteiger partial charge in [0.2, 0.25) is 5.95 Å². The van der Waals surface area contributed by atoms with Crippen molar-refractivity contribution in [2.75, 3.05) is 59.4 Å². The first kappa shape index (κ1) is 15.9. The molecule has 110 valence electrons. The highest BCUT2D eigenvalue weighted by Crippen LogP contribution is 2.13. The molecule has 0 spiro atoms. The lowest BCUT2D eigenvalue weighted by molar-refractivity contribution is 0.162. The number of nitrogens with zero attached hydrogens (tertiary/aromatic N) is 3. The molecule has 0 fully saturated rings. The molecule has 0 aromatic carbocycles. The average molecular weight is 270 g/mol. The van der Waals surface area contributed by atoms with E-state index in [1.54, 1.807) is 14.2 Å². The quantitative estimate of drug-likeness (QED) is 0.689. The van der Waals surface area contributed by atoms with Crippen LogP contribution in [0.25, 0.3) is 0 Å². The van der Waals surface area contributed by atoms with Crippen LogP contribution in [0.4, 0.5) is 5.95 Å². The Morgan fingerprint density at radius 1 is 1.37 bits per heavy atom. The Bertz CT molecular complexity index is 343. The fourth-order valence-electron chi connectivity index (χ4n) is 1.84. The molecule has 1 heterocycles. The van der Waals surface area contributed by atoms with E-state index in [0.29, 0.717) is 6.61 Å². The van der Waals surface area contributed by atoms with Gasteiger partial charge in [-0.3, -0.25) is 0 Å². The minimum Gasteiger partial charge on any atom is -0.383 e. The molecule has 1 atom stereocenters. The molecular weight excluding hydrogens is 244 g/mol. The molecule has 0 aliphatic heterocycles. The molecular formula is C13H26N4O2. The van der Waals surface area contributed by atoms with Crippen LogP contribution in [0.5, 0.6) is 0 Å². The lowest BCUT2D eigenvalue weighted by Gasteiger charge is -2.18. The zero-order valence-corrected chi connectivity index (χ0v) is 12.4. The minimum atomic E-state index is 0.279. The van der Waals surface area contributed by atoms with Gasteiger partial charge in [0, 0.05) is 46.2 Å². The van der Waals surface area contributed by atoms with E-state index in [-0.39, 0.29) is 6.04 Å². The summed E-state index contributed by atoms with van der Waals surface area (Å²) in [6, 6.07) is 0.279. The first-order valence-corrected chi connectivity index (χ1v) is 6.62. The lowest BCUT2D eigenvalue weighted by Crippen LogP contribution is -2.29. The summed E-state index contributed by atoms with van der Waals surface area (Å²) >= 11 is 0. The van der Waals surface area contributed by atoms with E-state index in [1.165, 1.54) is 0 Å². The Morgan fingerprint density at radius 2 is 2.16 bits per heavy atom. The smallest absolute Gasteiger partial charge is 0.203 e. The zero-order valence-electron chi connectivity index (χ0n) is 12.4. The van der Waals surface area contributed by atoms with Crippen molar-refractivity contribution in [3.05, 3.63) is 12.4 Å².